The van der Waals surface area contributed by atoms with Crippen molar-refractivity contribution in [3.8, 4) is 5.82 Å². The van der Waals surface area contributed by atoms with Crippen molar-refractivity contribution in [1.29, 1.82) is 0 Å². The molecule has 0 aliphatic heterocycles. The quantitative estimate of drug-likeness (QED) is 0.304. The van der Waals surface area contributed by atoms with E-state index in [1.165, 1.54) is 11.0 Å². The number of pyridine rings is 1. The highest BCUT2D eigenvalue weighted by Crippen LogP contribution is 2.00. The maximum absolute atomic E-state index is 8.43. The minimum absolute atomic E-state index is 0.135. The Morgan fingerprint density at radius 2 is 2.27 bits per heavy atom. The number of rotatable bonds is 2. The van der Waals surface area contributed by atoms with Crippen LogP contribution in [0.2, 0.25) is 0 Å². The summed E-state index contributed by atoms with van der Waals surface area (Å²) in [7, 11) is 0. The maximum atomic E-state index is 8.43. The van der Waals surface area contributed by atoms with Crippen LogP contribution in [0.5, 0.6) is 0 Å². The Balaban J connectivity index is 2.36. The Labute approximate surface area is 84.9 Å². The molecule has 7 nitrogen and oxygen atoms in total. The zero-order valence-electron chi connectivity index (χ0n) is 7.65. The summed E-state index contributed by atoms with van der Waals surface area (Å²) in [4.78, 5) is 7.92. The van der Waals surface area contributed by atoms with Crippen molar-refractivity contribution in [2.24, 2.45) is 10.9 Å². The molecule has 0 atom stereocenters. The monoisotopic (exact) mass is 204 g/mol. The van der Waals surface area contributed by atoms with E-state index in [4.69, 9.17) is 10.9 Å². The lowest BCUT2D eigenvalue weighted by atomic mass is 10.5. The molecule has 3 N–H and O–H groups in total. The lowest BCUT2D eigenvalue weighted by Crippen LogP contribution is -2.15. The van der Waals surface area contributed by atoms with Crippen LogP contribution >= 0.6 is 0 Å². The fourth-order valence-corrected chi connectivity index (χ4v) is 1.02. The van der Waals surface area contributed by atoms with E-state index in [1.54, 1.807) is 18.3 Å². The van der Waals surface area contributed by atoms with Gasteiger partial charge < -0.3 is 10.9 Å². The summed E-state index contributed by atoms with van der Waals surface area (Å²) in [6.07, 6.45) is 3.08. The summed E-state index contributed by atoms with van der Waals surface area (Å²) >= 11 is 0. The molecule has 0 fully saturated rings. The zero-order valence-corrected chi connectivity index (χ0v) is 7.65. The van der Waals surface area contributed by atoms with Crippen LogP contribution in [-0.2, 0) is 0 Å². The highest BCUT2D eigenvalue weighted by molar-refractivity contribution is 5.93. The van der Waals surface area contributed by atoms with Gasteiger partial charge in [0.15, 0.2) is 5.82 Å². The second-order valence-corrected chi connectivity index (χ2v) is 2.69. The largest absolute Gasteiger partial charge is 0.409 e. The second-order valence-electron chi connectivity index (χ2n) is 2.69. The van der Waals surface area contributed by atoms with Crippen molar-refractivity contribution in [2.45, 2.75) is 0 Å². The molecule has 0 bridgehead atoms. The van der Waals surface area contributed by atoms with Crippen LogP contribution in [-0.4, -0.2) is 30.8 Å². The first-order valence-electron chi connectivity index (χ1n) is 4.12. The van der Waals surface area contributed by atoms with Crippen molar-refractivity contribution in [3.63, 3.8) is 0 Å². The summed E-state index contributed by atoms with van der Waals surface area (Å²) in [5.41, 5.74) is 5.33. The van der Waals surface area contributed by atoms with Gasteiger partial charge in [-0.15, -0.1) is 5.10 Å². The minimum Gasteiger partial charge on any atom is -0.409 e. The van der Waals surface area contributed by atoms with Crippen molar-refractivity contribution in [2.75, 3.05) is 0 Å². The number of nitrogens with zero attached hydrogens (tertiary/aromatic N) is 5. The topological polar surface area (TPSA) is 102 Å². The Kier molecular flexibility index (Phi) is 2.28. The number of aromatic nitrogens is 4. The number of amidine groups is 1. The molecule has 0 aromatic carbocycles. The van der Waals surface area contributed by atoms with Gasteiger partial charge in [-0.1, -0.05) is 11.2 Å². The first-order chi connectivity index (χ1) is 7.31. The lowest BCUT2D eigenvalue weighted by molar-refractivity contribution is 0.318. The zero-order chi connectivity index (χ0) is 10.7. The van der Waals surface area contributed by atoms with E-state index in [1.807, 2.05) is 6.07 Å². The van der Waals surface area contributed by atoms with Crippen LogP contribution in [0, 0.1) is 0 Å². The van der Waals surface area contributed by atoms with Gasteiger partial charge in [0.2, 0.25) is 11.7 Å². The molecule has 2 aromatic heterocycles. The van der Waals surface area contributed by atoms with Crippen LogP contribution in [0.25, 0.3) is 5.82 Å². The molecular formula is C8H8N6O. The molecule has 0 amide bonds. The van der Waals surface area contributed by atoms with Crippen LogP contribution in [0.15, 0.2) is 35.9 Å². The fourth-order valence-electron chi connectivity index (χ4n) is 1.02. The smallest absolute Gasteiger partial charge is 0.220 e. The molecule has 0 spiro atoms. The molecule has 15 heavy (non-hydrogen) atoms. The average molecular weight is 204 g/mol. The van der Waals surface area contributed by atoms with E-state index in [0.29, 0.717) is 5.82 Å². The number of nitrogens with two attached hydrogens (primary N) is 1. The van der Waals surface area contributed by atoms with Crippen LogP contribution in [0.3, 0.4) is 0 Å². The van der Waals surface area contributed by atoms with Crippen LogP contribution in [0.1, 0.15) is 5.82 Å². The Bertz CT molecular complexity index is 477. The average Bonchev–Trinajstić information content (AvgIpc) is 2.78. The standard InChI is InChI=1S/C8H8N6O/c9-7(13-15)8-11-5-14(12-8)6-3-1-2-4-10-6/h1-5,15H,(H2,9,13). The third-order valence-electron chi connectivity index (χ3n) is 1.71. The van der Waals surface area contributed by atoms with Gasteiger partial charge in [-0.25, -0.2) is 14.6 Å². The van der Waals surface area contributed by atoms with Gasteiger partial charge in [0.05, 0.1) is 0 Å². The lowest BCUT2D eigenvalue weighted by Gasteiger charge is -1.96. The third-order valence-corrected chi connectivity index (χ3v) is 1.71. The van der Waals surface area contributed by atoms with Crippen LogP contribution in [0.4, 0.5) is 0 Å². The number of hydrogen-bond acceptors (Lipinski definition) is 5. The second kappa shape index (κ2) is 3.74. The first-order valence-corrected chi connectivity index (χ1v) is 4.12. The Morgan fingerprint density at radius 3 is 2.93 bits per heavy atom. The molecule has 2 rings (SSSR count). The number of hydrogen-bond donors (Lipinski definition) is 2. The van der Waals surface area contributed by atoms with Crippen molar-refractivity contribution >= 4 is 5.84 Å². The summed E-state index contributed by atoms with van der Waals surface area (Å²) < 4.78 is 1.44. The van der Waals surface area contributed by atoms with E-state index in [9.17, 15) is 0 Å². The van der Waals surface area contributed by atoms with Gasteiger partial charge in [0, 0.05) is 6.20 Å². The maximum Gasteiger partial charge on any atom is 0.220 e. The molecule has 0 saturated heterocycles. The van der Waals surface area contributed by atoms with Gasteiger partial charge in [0.1, 0.15) is 6.33 Å². The van der Waals surface area contributed by atoms with Crippen molar-refractivity contribution in [3.05, 3.63) is 36.5 Å². The molecule has 0 unspecified atom stereocenters. The number of oxime groups is 1. The van der Waals surface area contributed by atoms with Crippen molar-refractivity contribution < 1.29 is 5.21 Å². The first kappa shape index (κ1) is 9.13. The Hall–Kier alpha value is -2.44. The van der Waals surface area contributed by atoms with Gasteiger partial charge in [-0.05, 0) is 12.1 Å². The van der Waals surface area contributed by atoms with Gasteiger partial charge in [0.25, 0.3) is 0 Å². The minimum atomic E-state index is -0.135. The SMILES string of the molecule is NC(=NO)c1ncn(-c2ccccn2)n1. The summed E-state index contributed by atoms with van der Waals surface area (Å²) in [5, 5.41) is 15.2. The predicted octanol–water partition coefficient (Wildman–Crippen LogP) is -0.243. The van der Waals surface area contributed by atoms with Crippen molar-refractivity contribution in [1.82, 2.24) is 19.7 Å². The van der Waals surface area contributed by atoms with Gasteiger partial charge in [-0.3, -0.25) is 0 Å². The van der Waals surface area contributed by atoms with Gasteiger partial charge in [-0.2, -0.15) is 0 Å². The highest BCUT2D eigenvalue weighted by atomic mass is 16.4. The fraction of sp³-hybridized carbons (Fsp3) is 0. The molecular weight excluding hydrogens is 196 g/mol. The van der Waals surface area contributed by atoms with E-state index in [-0.39, 0.29) is 11.7 Å². The molecule has 0 aliphatic rings. The summed E-state index contributed by atoms with van der Waals surface area (Å²) in [6.45, 7) is 0. The van der Waals surface area contributed by atoms with E-state index in [2.05, 4.69) is 20.2 Å². The highest BCUT2D eigenvalue weighted by Gasteiger charge is 2.06. The molecule has 0 saturated carbocycles. The molecule has 7 heteroatoms. The molecule has 2 aromatic rings. The predicted molar refractivity (Wildman–Crippen MR) is 51.7 cm³/mol. The normalized spacial score (nSPS) is 11.6. The van der Waals surface area contributed by atoms with E-state index < -0.39 is 0 Å². The molecule has 0 radical (unpaired) electrons. The Morgan fingerprint density at radius 1 is 1.40 bits per heavy atom. The summed E-state index contributed by atoms with van der Waals surface area (Å²) in [6, 6.07) is 5.39. The van der Waals surface area contributed by atoms with Crippen LogP contribution < -0.4 is 5.73 Å². The molecule has 2 heterocycles. The van der Waals surface area contributed by atoms with E-state index >= 15 is 0 Å². The van der Waals surface area contributed by atoms with E-state index in [0.717, 1.165) is 0 Å². The molecule has 76 valence electrons. The summed E-state index contributed by atoms with van der Waals surface area (Å²) in [5.74, 6) is 0.634. The van der Waals surface area contributed by atoms with Gasteiger partial charge >= 0.3 is 0 Å². The molecule has 0 aliphatic carbocycles. The third kappa shape index (κ3) is 1.75.